The maximum Gasteiger partial charge on any atom is 0.277 e. The molecule has 1 aromatic carbocycles. The highest BCUT2D eigenvalue weighted by atomic mass is 32.1. The number of aliphatic hydroxyl groups excluding tert-OH is 1. The van der Waals surface area contributed by atoms with Crippen molar-refractivity contribution in [2.45, 2.75) is 13.2 Å². The first-order valence-corrected chi connectivity index (χ1v) is 12.2. The minimum Gasteiger partial charge on any atom is -0.392 e. The Hall–Kier alpha value is -3.71. The highest BCUT2D eigenvalue weighted by molar-refractivity contribution is 7.19. The predicted octanol–water partition coefficient (Wildman–Crippen LogP) is 2.23. The van der Waals surface area contributed by atoms with Crippen molar-refractivity contribution >= 4 is 39.2 Å². The summed E-state index contributed by atoms with van der Waals surface area (Å²) in [7, 11) is 1.87. The zero-order valence-electron chi connectivity index (χ0n) is 19.6. The number of hydroxylamine groups is 1. The van der Waals surface area contributed by atoms with E-state index in [1.807, 2.05) is 36.2 Å². The maximum absolute atomic E-state index is 11.5. The van der Waals surface area contributed by atoms with E-state index >= 15 is 0 Å². The number of fused-ring (bicyclic) bond motifs is 1. The minimum atomic E-state index is -0.662. The Labute approximate surface area is 211 Å². The highest BCUT2D eigenvalue weighted by Crippen LogP contribution is 2.35. The fraction of sp³-hybridized carbons (Fsp3) is 0.292. The van der Waals surface area contributed by atoms with Crippen LogP contribution < -0.4 is 15.3 Å². The lowest BCUT2D eigenvalue weighted by Crippen LogP contribution is -2.36. The Bertz CT molecular complexity index is 1360. The summed E-state index contributed by atoms with van der Waals surface area (Å²) in [4.78, 5) is 35.0. The third kappa shape index (κ3) is 4.97. The summed E-state index contributed by atoms with van der Waals surface area (Å²) in [5, 5.41) is 18.1. The summed E-state index contributed by atoms with van der Waals surface area (Å²) in [5.41, 5.74) is 4.32. The van der Waals surface area contributed by atoms with Gasteiger partial charge in [-0.3, -0.25) is 10.0 Å². The van der Waals surface area contributed by atoms with Crippen LogP contribution >= 0.6 is 11.3 Å². The van der Waals surface area contributed by atoms with Crippen LogP contribution in [-0.4, -0.2) is 69.5 Å². The summed E-state index contributed by atoms with van der Waals surface area (Å²) in [6.07, 6.45) is 2.73. The molecule has 12 heteroatoms. The molecule has 0 spiro atoms. The van der Waals surface area contributed by atoms with E-state index < -0.39 is 5.91 Å². The number of rotatable bonds is 7. The first-order valence-electron chi connectivity index (χ1n) is 11.4. The van der Waals surface area contributed by atoms with Gasteiger partial charge >= 0.3 is 0 Å². The molecule has 36 heavy (non-hydrogen) atoms. The summed E-state index contributed by atoms with van der Waals surface area (Å²) in [5.74, 6) is 1.31. The molecule has 0 atom stereocenters. The zero-order chi connectivity index (χ0) is 25.1. The molecule has 186 valence electrons. The molecule has 1 saturated heterocycles. The number of amides is 1. The number of carbonyl (C=O) groups is 1. The fourth-order valence-corrected chi connectivity index (χ4v) is 5.09. The van der Waals surface area contributed by atoms with E-state index in [2.05, 4.69) is 20.9 Å². The van der Waals surface area contributed by atoms with Crippen molar-refractivity contribution < 1.29 is 19.8 Å². The molecule has 3 N–H and O–H groups in total. The molecule has 1 aliphatic rings. The van der Waals surface area contributed by atoms with Gasteiger partial charge in [0.1, 0.15) is 0 Å². The number of hydrogen-bond acceptors (Lipinski definition) is 11. The van der Waals surface area contributed by atoms with Gasteiger partial charge in [-0.15, -0.1) is 11.3 Å². The number of aliphatic hydroxyl groups is 1. The molecule has 0 aliphatic carbocycles. The second-order valence-electron chi connectivity index (χ2n) is 8.32. The lowest BCUT2D eigenvalue weighted by molar-refractivity contribution is 0.0705. The van der Waals surface area contributed by atoms with Crippen molar-refractivity contribution in [3.8, 4) is 11.4 Å². The molecular formula is C24H25N7O4S. The summed E-state index contributed by atoms with van der Waals surface area (Å²) >= 11 is 1.63. The van der Waals surface area contributed by atoms with Crippen LogP contribution in [0.4, 0.5) is 11.8 Å². The van der Waals surface area contributed by atoms with Gasteiger partial charge in [-0.1, -0.05) is 24.3 Å². The minimum absolute atomic E-state index is 0.0122. The van der Waals surface area contributed by atoms with Crippen molar-refractivity contribution in [2.24, 2.45) is 0 Å². The van der Waals surface area contributed by atoms with Gasteiger partial charge in [-0.2, -0.15) is 0 Å². The zero-order valence-corrected chi connectivity index (χ0v) is 20.4. The molecule has 4 aromatic rings. The van der Waals surface area contributed by atoms with Crippen molar-refractivity contribution in [3.63, 3.8) is 0 Å². The number of thiophene rings is 1. The molecule has 4 heterocycles. The van der Waals surface area contributed by atoms with Crippen LogP contribution in [0.2, 0.25) is 0 Å². The Morgan fingerprint density at radius 3 is 2.56 bits per heavy atom. The van der Waals surface area contributed by atoms with Crippen molar-refractivity contribution in [3.05, 3.63) is 58.7 Å². The second kappa shape index (κ2) is 10.5. The molecular weight excluding hydrogens is 482 g/mol. The Balaban J connectivity index is 1.47. The first-order chi connectivity index (χ1) is 17.6. The lowest BCUT2D eigenvalue weighted by atomic mass is 10.1. The second-order valence-corrected chi connectivity index (χ2v) is 9.46. The Kier molecular flexibility index (Phi) is 7.00. The van der Waals surface area contributed by atoms with Gasteiger partial charge in [0.15, 0.2) is 11.6 Å². The van der Waals surface area contributed by atoms with E-state index in [9.17, 15) is 9.90 Å². The quantitative estimate of drug-likeness (QED) is 0.252. The van der Waals surface area contributed by atoms with E-state index in [4.69, 9.17) is 19.9 Å². The summed E-state index contributed by atoms with van der Waals surface area (Å²) in [6, 6.07) is 9.66. The number of carbonyl (C=O) groups excluding carboxylic acids is 1. The van der Waals surface area contributed by atoms with Crippen molar-refractivity contribution in [2.75, 3.05) is 43.2 Å². The number of morpholine rings is 1. The monoisotopic (exact) mass is 507 g/mol. The average molecular weight is 508 g/mol. The largest absolute Gasteiger partial charge is 0.392 e. The SMILES string of the molecule is CN(Cc1cc2nc(-c3ccc(CO)cc3)nc(N3CCOCC3)c2s1)c1ncc(C(=O)NO)cn1. The van der Waals surface area contributed by atoms with Gasteiger partial charge in [0.25, 0.3) is 5.91 Å². The number of nitrogens with one attached hydrogen (secondary N) is 1. The van der Waals surface area contributed by atoms with Crippen LogP contribution in [0, 0.1) is 0 Å². The van der Waals surface area contributed by atoms with Gasteiger partial charge in [0.2, 0.25) is 5.95 Å². The van der Waals surface area contributed by atoms with Gasteiger partial charge in [0, 0.05) is 43.0 Å². The molecule has 5 rings (SSSR count). The van der Waals surface area contributed by atoms with Crippen molar-refractivity contribution in [1.29, 1.82) is 0 Å². The van der Waals surface area contributed by atoms with Gasteiger partial charge in [0.05, 0.1) is 42.1 Å². The van der Waals surface area contributed by atoms with Crippen LogP contribution in [0.25, 0.3) is 21.6 Å². The third-order valence-electron chi connectivity index (χ3n) is 5.85. The standard InChI is InChI=1S/C24H25N7O4S/c1-30(24-25-11-17(12-26-24)23(33)29-34)13-18-10-19-20(36-18)22(31-6-8-35-9-7-31)28-21(27-19)16-4-2-15(14-32)3-5-16/h2-5,10-12,32,34H,6-9,13-14H2,1H3,(H,29,33). The van der Waals surface area contributed by atoms with Gasteiger partial charge in [-0.25, -0.2) is 25.4 Å². The predicted molar refractivity (Wildman–Crippen MR) is 135 cm³/mol. The van der Waals surface area contributed by atoms with Gasteiger partial charge < -0.3 is 19.6 Å². The van der Waals surface area contributed by atoms with Crippen LogP contribution in [0.5, 0.6) is 0 Å². The molecule has 0 unspecified atom stereocenters. The number of anilines is 2. The molecule has 11 nitrogen and oxygen atoms in total. The van der Waals surface area contributed by atoms with Crippen LogP contribution in [0.15, 0.2) is 42.7 Å². The van der Waals surface area contributed by atoms with Crippen LogP contribution in [0.3, 0.4) is 0 Å². The molecule has 0 bridgehead atoms. The third-order valence-corrected chi connectivity index (χ3v) is 6.95. The van der Waals surface area contributed by atoms with Crippen LogP contribution in [0.1, 0.15) is 20.8 Å². The van der Waals surface area contributed by atoms with E-state index in [1.54, 1.807) is 16.8 Å². The molecule has 1 aliphatic heterocycles. The molecule has 1 amide bonds. The number of nitrogens with zero attached hydrogens (tertiary/aromatic N) is 6. The average Bonchev–Trinajstić information content (AvgIpc) is 3.35. The smallest absolute Gasteiger partial charge is 0.277 e. The number of hydrogen-bond donors (Lipinski definition) is 3. The highest BCUT2D eigenvalue weighted by Gasteiger charge is 2.21. The van der Waals surface area contributed by atoms with Crippen LogP contribution in [-0.2, 0) is 17.9 Å². The maximum atomic E-state index is 11.5. The fourth-order valence-electron chi connectivity index (χ4n) is 3.92. The first kappa shape index (κ1) is 24.0. The summed E-state index contributed by atoms with van der Waals surface area (Å²) in [6.45, 7) is 3.33. The van der Waals surface area contributed by atoms with E-state index in [0.29, 0.717) is 31.5 Å². The number of aromatic nitrogens is 4. The lowest BCUT2D eigenvalue weighted by Gasteiger charge is -2.28. The topological polar surface area (TPSA) is 137 Å². The Morgan fingerprint density at radius 2 is 1.89 bits per heavy atom. The molecule has 1 fully saturated rings. The number of ether oxygens (including phenoxy) is 1. The summed E-state index contributed by atoms with van der Waals surface area (Å²) < 4.78 is 6.55. The molecule has 0 saturated carbocycles. The Morgan fingerprint density at radius 1 is 1.17 bits per heavy atom. The molecule has 0 radical (unpaired) electrons. The van der Waals surface area contributed by atoms with E-state index in [0.717, 1.165) is 45.1 Å². The van der Waals surface area contributed by atoms with Gasteiger partial charge in [-0.05, 0) is 11.6 Å². The number of benzene rings is 1. The normalized spacial score (nSPS) is 13.7. The van der Waals surface area contributed by atoms with E-state index in [-0.39, 0.29) is 12.2 Å². The van der Waals surface area contributed by atoms with Crippen molar-refractivity contribution in [1.82, 2.24) is 25.4 Å². The molecule has 3 aromatic heterocycles. The van der Waals surface area contributed by atoms with E-state index in [1.165, 1.54) is 12.4 Å².